The normalized spacial score (nSPS) is 44.3. The summed E-state index contributed by atoms with van der Waals surface area (Å²) in [7, 11) is 0. The molecule has 2 saturated carbocycles. The van der Waals surface area contributed by atoms with Gasteiger partial charge >= 0.3 is 0 Å². The molecule has 2 bridgehead atoms. The molecule has 2 heteroatoms. The number of rotatable bonds is 1. The fourth-order valence-corrected chi connectivity index (χ4v) is 3.08. The van der Waals surface area contributed by atoms with Crippen molar-refractivity contribution in [2.24, 2.45) is 17.8 Å². The van der Waals surface area contributed by atoms with Gasteiger partial charge in [0.05, 0.1) is 0 Å². The van der Waals surface area contributed by atoms with Crippen molar-refractivity contribution in [1.82, 2.24) is 0 Å². The lowest BCUT2D eigenvalue weighted by Crippen LogP contribution is -2.15. The number of fused-ring (bicyclic) bond motifs is 2. The Hall–Kier alpha value is 0.150. The summed E-state index contributed by atoms with van der Waals surface area (Å²) >= 11 is 3.06. The molecule has 2 aliphatic carbocycles. The Morgan fingerprint density at radius 2 is 2.10 bits per heavy atom. The quantitative estimate of drug-likeness (QED) is 0.598. The number of carbonyl (C=O) groups excluding carboxylic acids is 1. The van der Waals surface area contributed by atoms with Gasteiger partial charge in [-0.15, -0.1) is 0 Å². The summed E-state index contributed by atoms with van der Waals surface area (Å²) in [6.07, 6.45) is 5.16. The minimum atomic E-state index is 0.250. The van der Waals surface area contributed by atoms with E-state index in [-0.39, 0.29) is 4.69 Å². The highest BCUT2D eigenvalue weighted by atomic mass is 79.9. The summed E-state index contributed by atoms with van der Waals surface area (Å²) in [4.78, 5) is 11.0. The van der Waals surface area contributed by atoms with Crippen LogP contribution in [-0.2, 0) is 4.79 Å². The van der Waals surface area contributed by atoms with Crippen LogP contribution in [0.25, 0.3) is 0 Å². The first-order valence-electron chi connectivity index (χ1n) is 3.96. The molecule has 0 N–H and O–H groups in total. The largest absolute Gasteiger partial charge is 0.286 e. The zero-order valence-corrected chi connectivity index (χ0v) is 7.43. The predicted octanol–water partition coefficient (Wildman–Crippen LogP) is 2.34. The van der Waals surface area contributed by atoms with Crippen molar-refractivity contribution in [3.8, 4) is 0 Å². The third-order valence-corrected chi connectivity index (χ3v) is 3.62. The third kappa shape index (κ3) is 0.931. The van der Waals surface area contributed by atoms with E-state index in [9.17, 15) is 4.79 Å². The van der Waals surface area contributed by atoms with Crippen molar-refractivity contribution in [1.29, 1.82) is 0 Å². The topological polar surface area (TPSA) is 17.1 Å². The molecule has 0 aromatic heterocycles. The third-order valence-electron chi connectivity index (χ3n) is 3.03. The number of halogens is 1. The maximum atomic E-state index is 11.0. The van der Waals surface area contributed by atoms with E-state index in [2.05, 4.69) is 15.9 Å². The Labute approximate surface area is 69.3 Å². The second-order valence-corrected chi connectivity index (χ2v) is 4.37. The molecule has 0 aliphatic heterocycles. The zero-order valence-electron chi connectivity index (χ0n) is 5.85. The van der Waals surface area contributed by atoms with Crippen LogP contribution >= 0.6 is 15.9 Å². The maximum absolute atomic E-state index is 11.0. The molecule has 0 saturated heterocycles. The van der Waals surface area contributed by atoms with E-state index in [1.165, 1.54) is 19.3 Å². The van der Waals surface area contributed by atoms with E-state index in [0.29, 0.717) is 5.92 Å². The standard InChI is InChI=1S/C8H11BrO/c9-8(10)7-4-5-1-2-6(7)3-5/h5-7H,1-4H2/t5-,6+,7+/m0/s1. The van der Waals surface area contributed by atoms with Crippen molar-refractivity contribution in [2.45, 2.75) is 25.7 Å². The van der Waals surface area contributed by atoms with Gasteiger partial charge in [-0.2, -0.15) is 0 Å². The fraction of sp³-hybridized carbons (Fsp3) is 0.875. The molecular weight excluding hydrogens is 192 g/mol. The summed E-state index contributed by atoms with van der Waals surface area (Å²) in [5.74, 6) is 1.99. The summed E-state index contributed by atoms with van der Waals surface area (Å²) in [5.41, 5.74) is 0. The Kier molecular flexibility index (Phi) is 1.59. The van der Waals surface area contributed by atoms with Crippen molar-refractivity contribution in [2.75, 3.05) is 0 Å². The lowest BCUT2D eigenvalue weighted by Gasteiger charge is -2.16. The van der Waals surface area contributed by atoms with Crippen LogP contribution in [0.3, 0.4) is 0 Å². The minimum Gasteiger partial charge on any atom is -0.286 e. The first kappa shape index (κ1) is 6.84. The second kappa shape index (κ2) is 2.33. The van der Waals surface area contributed by atoms with Crippen LogP contribution < -0.4 is 0 Å². The summed E-state index contributed by atoms with van der Waals surface area (Å²) < 4.78 is 0.250. The van der Waals surface area contributed by atoms with Gasteiger partial charge in [0.15, 0.2) is 0 Å². The van der Waals surface area contributed by atoms with Gasteiger partial charge in [0, 0.05) is 5.92 Å². The fourth-order valence-electron chi connectivity index (χ4n) is 2.52. The summed E-state index contributed by atoms with van der Waals surface area (Å²) in [5, 5.41) is 0. The van der Waals surface area contributed by atoms with Crippen molar-refractivity contribution in [3.63, 3.8) is 0 Å². The molecule has 56 valence electrons. The number of hydrogen-bond acceptors (Lipinski definition) is 1. The molecule has 0 unspecified atom stereocenters. The van der Waals surface area contributed by atoms with E-state index in [0.717, 1.165) is 18.3 Å². The van der Waals surface area contributed by atoms with E-state index < -0.39 is 0 Å². The van der Waals surface area contributed by atoms with Gasteiger partial charge in [0.25, 0.3) is 0 Å². The molecule has 1 nitrogen and oxygen atoms in total. The highest BCUT2D eigenvalue weighted by molar-refractivity contribution is 9.18. The molecule has 2 fully saturated rings. The van der Waals surface area contributed by atoms with Gasteiger partial charge in [0.2, 0.25) is 4.69 Å². The molecule has 0 spiro atoms. The minimum absolute atomic E-state index is 0.250. The van der Waals surface area contributed by atoms with Crippen LogP contribution in [0.1, 0.15) is 25.7 Å². The zero-order chi connectivity index (χ0) is 7.14. The first-order chi connectivity index (χ1) is 4.77. The van der Waals surface area contributed by atoms with Crippen LogP contribution in [0.15, 0.2) is 0 Å². The summed E-state index contributed by atoms with van der Waals surface area (Å²) in [6.45, 7) is 0. The molecule has 2 rings (SSSR count). The van der Waals surface area contributed by atoms with Crippen LogP contribution in [0.2, 0.25) is 0 Å². The van der Waals surface area contributed by atoms with E-state index in [1.54, 1.807) is 0 Å². The molecule has 10 heavy (non-hydrogen) atoms. The highest BCUT2D eigenvalue weighted by Gasteiger charge is 2.42. The Morgan fingerprint density at radius 3 is 2.40 bits per heavy atom. The van der Waals surface area contributed by atoms with Crippen molar-refractivity contribution < 1.29 is 4.79 Å². The van der Waals surface area contributed by atoms with Crippen molar-refractivity contribution in [3.05, 3.63) is 0 Å². The first-order valence-corrected chi connectivity index (χ1v) is 4.76. The lowest BCUT2D eigenvalue weighted by molar-refractivity contribution is -0.115. The molecule has 3 atom stereocenters. The summed E-state index contributed by atoms with van der Waals surface area (Å²) in [6, 6.07) is 0. The van der Waals surface area contributed by atoms with Gasteiger partial charge in [-0.25, -0.2) is 0 Å². The Balaban J connectivity index is 2.08. The predicted molar refractivity (Wildman–Crippen MR) is 42.9 cm³/mol. The number of carbonyl (C=O) groups is 1. The number of hydrogen-bond donors (Lipinski definition) is 0. The van der Waals surface area contributed by atoms with Crippen molar-refractivity contribution >= 4 is 20.6 Å². The van der Waals surface area contributed by atoms with Gasteiger partial charge in [-0.05, 0) is 47.0 Å². The average Bonchev–Trinajstić information content (AvgIpc) is 2.44. The van der Waals surface area contributed by atoms with E-state index in [4.69, 9.17) is 0 Å². The van der Waals surface area contributed by atoms with Crippen LogP contribution in [0, 0.1) is 17.8 Å². The van der Waals surface area contributed by atoms with Gasteiger partial charge in [0.1, 0.15) is 0 Å². The molecule has 0 heterocycles. The maximum Gasteiger partial charge on any atom is 0.201 e. The Morgan fingerprint density at radius 1 is 1.30 bits per heavy atom. The second-order valence-electron chi connectivity index (χ2n) is 3.59. The van der Waals surface area contributed by atoms with Crippen LogP contribution in [0.4, 0.5) is 0 Å². The molecule has 0 aromatic rings. The van der Waals surface area contributed by atoms with Gasteiger partial charge in [-0.1, -0.05) is 6.42 Å². The average molecular weight is 203 g/mol. The van der Waals surface area contributed by atoms with E-state index >= 15 is 0 Å². The monoisotopic (exact) mass is 202 g/mol. The Bertz CT molecular complexity index is 167. The molecule has 0 radical (unpaired) electrons. The lowest BCUT2D eigenvalue weighted by atomic mass is 9.90. The van der Waals surface area contributed by atoms with Crippen LogP contribution in [0.5, 0.6) is 0 Å². The molecule has 2 aliphatic rings. The SMILES string of the molecule is O=C(Br)[C@@H]1C[C@H]2CC[C@@H]1C2. The van der Waals surface area contributed by atoms with E-state index in [1.807, 2.05) is 0 Å². The highest BCUT2D eigenvalue weighted by Crippen LogP contribution is 2.49. The van der Waals surface area contributed by atoms with Gasteiger partial charge < -0.3 is 0 Å². The smallest absolute Gasteiger partial charge is 0.201 e. The van der Waals surface area contributed by atoms with Crippen LogP contribution in [-0.4, -0.2) is 4.69 Å². The molecule has 0 aromatic carbocycles. The van der Waals surface area contributed by atoms with Gasteiger partial charge in [-0.3, -0.25) is 4.79 Å². The molecule has 0 amide bonds. The molecular formula is C8H11BrO.